The van der Waals surface area contributed by atoms with Gasteiger partial charge in [-0.2, -0.15) is 0 Å². The molecule has 0 aromatic heterocycles. The van der Waals surface area contributed by atoms with Crippen molar-refractivity contribution >= 4 is 5.91 Å². The zero-order valence-corrected chi connectivity index (χ0v) is 10.4. The number of hydrogen-bond donors (Lipinski definition) is 2. The molecule has 0 spiro atoms. The fourth-order valence-electron chi connectivity index (χ4n) is 1.52. The second-order valence-electron chi connectivity index (χ2n) is 3.98. The van der Waals surface area contributed by atoms with Crippen molar-refractivity contribution in [1.29, 1.82) is 0 Å². The Bertz CT molecular complexity index is 397. The van der Waals surface area contributed by atoms with Gasteiger partial charge in [0.15, 0.2) is 11.6 Å². The predicted octanol–water partition coefficient (Wildman–Crippen LogP) is 1.62. The second-order valence-corrected chi connectivity index (χ2v) is 3.98. The molecule has 0 aliphatic carbocycles. The first kappa shape index (κ1) is 14.6. The maximum absolute atomic E-state index is 12.9. The molecule has 0 aliphatic heterocycles. The lowest BCUT2D eigenvalue weighted by Gasteiger charge is -2.06. The van der Waals surface area contributed by atoms with Gasteiger partial charge < -0.3 is 10.6 Å². The van der Waals surface area contributed by atoms with Crippen LogP contribution in [0.3, 0.4) is 0 Å². The van der Waals surface area contributed by atoms with Crippen molar-refractivity contribution in [2.45, 2.75) is 19.8 Å². The van der Waals surface area contributed by atoms with Crippen LogP contribution in [0.5, 0.6) is 0 Å². The highest BCUT2D eigenvalue weighted by Crippen LogP contribution is 2.08. The number of rotatable bonds is 7. The molecule has 2 N–H and O–H groups in total. The van der Waals surface area contributed by atoms with Crippen LogP contribution in [0.25, 0.3) is 0 Å². The van der Waals surface area contributed by atoms with Crippen LogP contribution in [0.15, 0.2) is 18.2 Å². The topological polar surface area (TPSA) is 41.1 Å². The molecule has 0 heterocycles. The van der Waals surface area contributed by atoms with Crippen molar-refractivity contribution in [2.75, 3.05) is 19.6 Å². The van der Waals surface area contributed by atoms with Gasteiger partial charge in [0, 0.05) is 6.54 Å². The Morgan fingerprint density at radius 2 is 2.00 bits per heavy atom. The minimum absolute atomic E-state index is 0.0679. The average Bonchev–Trinajstić information content (AvgIpc) is 2.34. The van der Waals surface area contributed by atoms with Crippen molar-refractivity contribution in [3.63, 3.8) is 0 Å². The summed E-state index contributed by atoms with van der Waals surface area (Å²) in [4.78, 5) is 11.5. The smallest absolute Gasteiger partial charge is 0.224 e. The zero-order valence-electron chi connectivity index (χ0n) is 10.4. The zero-order chi connectivity index (χ0) is 13.4. The van der Waals surface area contributed by atoms with Gasteiger partial charge in [0.05, 0.1) is 6.42 Å². The fraction of sp³-hybridized carbons (Fsp3) is 0.462. The molecule has 3 nitrogen and oxygen atoms in total. The quantitative estimate of drug-likeness (QED) is 0.728. The van der Waals surface area contributed by atoms with E-state index in [-0.39, 0.29) is 12.3 Å². The van der Waals surface area contributed by atoms with E-state index >= 15 is 0 Å². The molecule has 0 saturated carbocycles. The summed E-state index contributed by atoms with van der Waals surface area (Å²) in [5.41, 5.74) is 0.470. The summed E-state index contributed by atoms with van der Waals surface area (Å²) in [7, 11) is 0. The maximum Gasteiger partial charge on any atom is 0.224 e. The molecule has 0 fully saturated rings. The normalized spacial score (nSPS) is 10.4. The molecule has 18 heavy (non-hydrogen) atoms. The van der Waals surface area contributed by atoms with E-state index in [9.17, 15) is 13.6 Å². The van der Waals surface area contributed by atoms with Gasteiger partial charge in [-0.25, -0.2) is 8.78 Å². The Balaban J connectivity index is 2.29. The van der Waals surface area contributed by atoms with Crippen LogP contribution in [0, 0.1) is 11.6 Å². The van der Waals surface area contributed by atoms with E-state index in [4.69, 9.17) is 0 Å². The van der Waals surface area contributed by atoms with Gasteiger partial charge in [-0.15, -0.1) is 0 Å². The third-order valence-corrected chi connectivity index (χ3v) is 2.45. The van der Waals surface area contributed by atoms with Crippen molar-refractivity contribution < 1.29 is 13.6 Å². The van der Waals surface area contributed by atoms with Crippen molar-refractivity contribution in [1.82, 2.24) is 10.6 Å². The highest BCUT2D eigenvalue weighted by Gasteiger charge is 2.06. The first-order valence-electron chi connectivity index (χ1n) is 6.04. The monoisotopic (exact) mass is 256 g/mol. The Morgan fingerprint density at radius 3 is 2.67 bits per heavy atom. The average molecular weight is 256 g/mol. The first-order chi connectivity index (χ1) is 8.63. The van der Waals surface area contributed by atoms with E-state index in [1.807, 2.05) is 6.92 Å². The summed E-state index contributed by atoms with van der Waals surface area (Å²) in [6.07, 6.45) is 0.912. The number of amides is 1. The highest BCUT2D eigenvalue weighted by atomic mass is 19.2. The number of carbonyl (C=O) groups is 1. The molecule has 0 unspecified atom stereocenters. The highest BCUT2D eigenvalue weighted by molar-refractivity contribution is 5.78. The lowest BCUT2D eigenvalue weighted by molar-refractivity contribution is -0.120. The van der Waals surface area contributed by atoms with E-state index in [2.05, 4.69) is 10.6 Å². The van der Waals surface area contributed by atoms with Gasteiger partial charge >= 0.3 is 0 Å². The standard InChI is InChI=1S/C13H18F2N2O/c1-2-16-6-3-7-17-13(18)9-10-4-5-11(14)12(15)8-10/h4-5,8,16H,2-3,6-7,9H2,1H3,(H,17,18). The molecular weight excluding hydrogens is 238 g/mol. The lowest BCUT2D eigenvalue weighted by atomic mass is 10.1. The number of carbonyl (C=O) groups excluding carboxylic acids is 1. The molecule has 100 valence electrons. The number of nitrogens with one attached hydrogen (secondary N) is 2. The molecule has 1 rings (SSSR count). The predicted molar refractivity (Wildman–Crippen MR) is 66.2 cm³/mol. The van der Waals surface area contributed by atoms with Gasteiger partial charge in [-0.1, -0.05) is 13.0 Å². The van der Waals surface area contributed by atoms with Crippen LogP contribution >= 0.6 is 0 Å². The lowest BCUT2D eigenvalue weighted by Crippen LogP contribution is -2.28. The maximum atomic E-state index is 12.9. The molecular formula is C13H18F2N2O. The minimum atomic E-state index is -0.924. The second kappa shape index (κ2) is 7.76. The SMILES string of the molecule is CCNCCCNC(=O)Cc1ccc(F)c(F)c1. The summed E-state index contributed by atoms with van der Waals surface area (Å²) < 4.78 is 25.6. The molecule has 0 bridgehead atoms. The molecule has 1 aromatic carbocycles. The largest absolute Gasteiger partial charge is 0.356 e. The van der Waals surface area contributed by atoms with E-state index in [1.54, 1.807) is 0 Å². The van der Waals surface area contributed by atoms with Crippen LogP contribution in [0.1, 0.15) is 18.9 Å². The molecule has 1 amide bonds. The summed E-state index contributed by atoms with van der Waals surface area (Å²) >= 11 is 0. The third-order valence-electron chi connectivity index (χ3n) is 2.45. The Kier molecular flexibility index (Phi) is 6.28. The minimum Gasteiger partial charge on any atom is -0.356 e. The van der Waals surface area contributed by atoms with Crippen LogP contribution in [0.2, 0.25) is 0 Å². The van der Waals surface area contributed by atoms with E-state index < -0.39 is 11.6 Å². The summed E-state index contributed by atoms with van der Waals surface area (Å²) in [5.74, 6) is -2.00. The van der Waals surface area contributed by atoms with Gasteiger partial charge in [-0.05, 0) is 37.2 Å². The van der Waals surface area contributed by atoms with E-state index in [0.29, 0.717) is 12.1 Å². The van der Waals surface area contributed by atoms with Crippen molar-refractivity contribution in [3.8, 4) is 0 Å². The molecule has 0 radical (unpaired) electrons. The first-order valence-corrected chi connectivity index (χ1v) is 6.04. The molecule has 0 aliphatic rings. The number of benzene rings is 1. The van der Waals surface area contributed by atoms with Crippen LogP contribution in [0.4, 0.5) is 8.78 Å². The van der Waals surface area contributed by atoms with Gasteiger partial charge in [0.1, 0.15) is 0 Å². The summed E-state index contributed by atoms with van der Waals surface area (Å²) in [6, 6.07) is 3.49. The van der Waals surface area contributed by atoms with Gasteiger partial charge in [0.2, 0.25) is 5.91 Å². The van der Waals surface area contributed by atoms with Crippen molar-refractivity contribution in [2.24, 2.45) is 0 Å². The van der Waals surface area contributed by atoms with Crippen LogP contribution < -0.4 is 10.6 Å². The molecule has 1 aromatic rings. The molecule has 0 saturated heterocycles. The number of hydrogen-bond acceptors (Lipinski definition) is 2. The number of halogens is 2. The summed E-state index contributed by atoms with van der Waals surface area (Å²) in [6.45, 7) is 4.35. The third kappa shape index (κ3) is 5.23. The van der Waals surface area contributed by atoms with Crippen LogP contribution in [-0.4, -0.2) is 25.5 Å². The van der Waals surface area contributed by atoms with E-state index in [0.717, 1.165) is 31.6 Å². The van der Waals surface area contributed by atoms with Gasteiger partial charge in [0.25, 0.3) is 0 Å². The van der Waals surface area contributed by atoms with Gasteiger partial charge in [-0.3, -0.25) is 4.79 Å². The van der Waals surface area contributed by atoms with Crippen LogP contribution in [-0.2, 0) is 11.2 Å². The van der Waals surface area contributed by atoms with Crippen molar-refractivity contribution in [3.05, 3.63) is 35.4 Å². The molecule has 5 heteroatoms. The molecule has 0 atom stereocenters. The Hall–Kier alpha value is -1.49. The Labute approximate surface area is 106 Å². The Morgan fingerprint density at radius 1 is 1.22 bits per heavy atom. The van der Waals surface area contributed by atoms with E-state index in [1.165, 1.54) is 6.07 Å². The summed E-state index contributed by atoms with van der Waals surface area (Å²) in [5, 5.41) is 5.87. The fourth-order valence-corrected chi connectivity index (χ4v) is 1.52.